The summed E-state index contributed by atoms with van der Waals surface area (Å²) in [5.74, 6) is -5.33. The van der Waals surface area contributed by atoms with Gasteiger partial charge in [-0.25, -0.2) is 4.79 Å². The molecule has 28 heteroatoms. The number of carbonyl (C=O) groups is 10. The zero-order chi connectivity index (χ0) is 65.8. The van der Waals surface area contributed by atoms with Gasteiger partial charge in [0.15, 0.2) is 0 Å². The van der Waals surface area contributed by atoms with Crippen molar-refractivity contribution in [2.24, 2.45) is 17.4 Å². The molecule has 9 amide bonds. The second-order valence-electron chi connectivity index (χ2n) is 23.1. The molecule has 1 aromatic rings. The number of esters is 1. The molecule has 88 heavy (non-hydrogen) atoms. The van der Waals surface area contributed by atoms with Crippen LogP contribution < -0.4 is 31.7 Å². The summed E-state index contributed by atoms with van der Waals surface area (Å²) in [4.78, 5) is 136. The normalized spacial score (nSPS) is 24.5. The second-order valence-corrected chi connectivity index (χ2v) is 25.4. The highest BCUT2D eigenvalue weighted by atomic mass is 35.5. The Bertz CT molecular complexity index is 2760. The van der Waals surface area contributed by atoms with Gasteiger partial charge in [0.1, 0.15) is 40.3 Å². The van der Waals surface area contributed by atoms with Crippen molar-refractivity contribution in [3.05, 3.63) is 58.7 Å². The van der Waals surface area contributed by atoms with Gasteiger partial charge in [-0.05, 0) is 63.6 Å². The van der Waals surface area contributed by atoms with E-state index in [0.29, 0.717) is 6.42 Å². The first-order valence-corrected chi connectivity index (χ1v) is 30.5. The van der Waals surface area contributed by atoms with Crippen LogP contribution >= 0.6 is 23.4 Å². The topological polar surface area (TPSA) is 350 Å². The first-order chi connectivity index (χ1) is 41.2. The zero-order valence-corrected chi connectivity index (χ0v) is 54.0. The number of hydrogen-bond acceptors (Lipinski definition) is 20. The minimum absolute atomic E-state index is 0.0141. The minimum Gasteiger partial charge on any atom is -0.495 e. The van der Waals surface area contributed by atoms with Gasteiger partial charge in [0.05, 0.1) is 57.4 Å². The number of nitrogens with zero attached hydrogens (tertiary/aromatic N) is 5. The number of imide groups is 2. The Kier molecular flexibility index (Phi) is 28.7. The van der Waals surface area contributed by atoms with Gasteiger partial charge in [-0.15, -0.1) is 11.8 Å². The average Bonchev–Trinajstić information content (AvgIpc) is 3.77. The number of rotatable bonds is 27. The predicted molar refractivity (Wildman–Crippen MR) is 328 cm³/mol. The molecule has 2 bridgehead atoms. The molecule has 3 heterocycles. The molecule has 3 aliphatic rings. The molecule has 8 N–H and O–H groups in total. The van der Waals surface area contributed by atoms with Crippen LogP contribution in [0.25, 0.3) is 0 Å². The summed E-state index contributed by atoms with van der Waals surface area (Å²) < 4.78 is 27.4. The smallest absolute Gasteiger partial charge is 0.328 e. The summed E-state index contributed by atoms with van der Waals surface area (Å²) in [5, 5.41) is 28.3. The SMILES string of the molecule is COc1cc2cc(c1Cl)N(C)C(=O)C[C@H](OC(=O)[C@H](C)N(C)C(=O)CC(C)(C)SC1CC(=O)N(CCOCCOCCNC(=O)CCC(=O)N(CCNC(C)=O)CCN3C(=O)C=CC3=O)C1=O)[C@](C)(O)[C@@H](N)[C@H](C)CCC(N)(O)[C@H](OC)/C=C/C=C(\C)C2. The van der Waals surface area contributed by atoms with Gasteiger partial charge in [0.25, 0.3) is 11.8 Å². The molecule has 4 rings (SSSR count). The fourth-order valence-electron chi connectivity index (χ4n) is 9.97. The number of methoxy groups -OCH3 is 2. The van der Waals surface area contributed by atoms with Gasteiger partial charge in [-0.2, -0.15) is 0 Å². The van der Waals surface area contributed by atoms with E-state index in [4.69, 9.17) is 46.8 Å². The Morgan fingerprint density at radius 3 is 2.20 bits per heavy atom. The Morgan fingerprint density at radius 2 is 1.57 bits per heavy atom. The quantitative estimate of drug-likeness (QED) is 0.0315. The number of thioether (sulfide) groups is 1. The molecule has 0 aliphatic carbocycles. The first-order valence-electron chi connectivity index (χ1n) is 29.2. The molecule has 2 unspecified atom stereocenters. The molecule has 0 spiro atoms. The fraction of sp³-hybridized carbons (Fsp3) is 0.633. The summed E-state index contributed by atoms with van der Waals surface area (Å²) >= 11 is 7.94. The Labute approximate surface area is 524 Å². The maximum Gasteiger partial charge on any atom is 0.328 e. The van der Waals surface area contributed by atoms with Crippen LogP contribution in [0.2, 0.25) is 5.02 Å². The molecular weight excluding hydrogens is 1190 g/mol. The van der Waals surface area contributed by atoms with Crippen molar-refractivity contribution in [2.45, 2.75) is 145 Å². The fourth-order valence-corrected chi connectivity index (χ4v) is 11.7. The lowest BCUT2D eigenvalue weighted by Gasteiger charge is -2.41. The van der Waals surface area contributed by atoms with Crippen LogP contribution in [0.1, 0.15) is 99.0 Å². The van der Waals surface area contributed by atoms with Crippen LogP contribution in [-0.4, -0.2) is 229 Å². The number of benzene rings is 1. The molecule has 490 valence electrons. The number of ether oxygens (including phenoxy) is 5. The first kappa shape index (κ1) is 74.2. The Morgan fingerprint density at radius 1 is 0.909 bits per heavy atom. The van der Waals surface area contributed by atoms with Crippen LogP contribution in [0.3, 0.4) is 0 Å². The van der Waals surface area contributed by atoms with E-state index in [1.54, 1.807) is 45.1 Å². The van der Waals surface area contributed by atoms with Crippen molar-refractivity contribution >= 4 is 88.2 Å². The molecule has 0 saturated carbocycles. The van der Waals surface area contributed by atoms with Crippen molar-refractivity contribution in [1.29, 1.82) is 0 Å². The standard InChI is InChI=1S/C60H90ClN9O17S/c1-37-13-12-14-45(84-11)60(63,82)20-19-38(2)55(62)59(7,81)46(35-51(76)67(9)42-32-41(31-37)33-43(83-10)54(42)61)87-57(80)39(3)66(8)53(78)36-58(5,6)88-44-34-52(77)70(56(44)79)26-28-86-30-29-85-27-22-65-47(72)15-16-48(73)68(23-21-64-40(4)71)24-25-69-49(74)17-18-50(69)75/h12-14,17-18,32-33,38-39,44-46,55,81-82H,15-16,19-31,34-36,62-63H2,1-11H3,(H,64,71)(H,65,72)/b14-12+,37-13+/t38-,39+,44?,45-,46+,55+,59+,60?/m1/s1. The van der Waals surface area contributed by atoms with Crippen LogP contribution in [0.15, 0.2) is 48.1 Å². The molecule has 1 aromatic carbocycles. The second kappa shape index (κ2) is 34.0. The minimum atomic E-state index is -2.10. The molecule has 0 aromatic heterocycles. The zero-order valence-electron chi connectivity index (χ0n) is 52.4. The van der Waals surface area contributed by atoms with Crippen molar-refractivity contribution < 1.29 is 81.8 Å². The van der Waals surface area contributed by atoms with Gasteiger partial charge in [0, 0.05) is 109 Å². The van der Waals surface area contributed by atoms with E-state index in [-0.39, 0.29) is 127 Å². The lowest BCUT2D eigenvalue weighted by atomic mass is 9.79. The highest BCUT2D eigenvalue weighted by Gasteiger charge is 2.47. The van der Waals surface area contributed by atoms with Crippen molar-refractivity contribution in [3.63, 3.8) is 0 Å². The number of aliphatic hydroxyl groups is 2. The van der Waals surface area contributed by atoms with Gasteiger partial charge < -0.3 is 70.7 Å². The number of allylic oxidation sites excluding steroid dienone is 3. The maximum atomic E-state index is 14.4. The number of nitrogens with one attached hydrogen (secondary N) is 2. The van der Waals surface area contributed by atoms with Crippen LogP contribution in [-0.2, 0) is 73.3 Å². The number of nitrogens with two attached hydrogens (primary N) is 2. The van der Waals surface area contributed by atoms with Crippen LogP contribution in [0.5, 0.6) is 5.75 Å². The summed E-state index contributed by atoms with van der Waals surface area (Å²) in [5.41, 5.74) is 11.1. The lowest BCUT2D eigenvalue weighted by Crippen LogP contribution is -2.60. The third-order valence-corrected chi connectivity index (χ3v) is 17.4. The summed E-state index contributed by atoms with van der Waals surface area (Å²) in [6, 6.07) is 1.02. The molecule has 0 radical (unpaired) electrons. The predicted octanol–water partition coefficient (Wildman–Crippen LogP) is 1.52. The van der Waals surface area contributed by atoms with Crippen molar-refractivity contribution in [3.8, 4) is 5.75 Å². The van der Waals surface area contributed by atoms with Gasteiger partial charge in [-0.3, -0.25) is 53.0 Å². The van der Waals surface area contributed by atoms with E-state index in [9.17, 15) is 58.2 Å². The van der Waals surface area contributed by atoms with Gasteiger partial charge in [-0.1, -0.05) is 56.2 Å². The number of likely N-dealkylation sites (tertiary alicyclic amines) is 1. The van der Waals surface area contributed by atoms with Gasteiger partial charge in [0.2, 0.25) is 41.4 Å². The number of likely N-dealkylation sites (N-methyl/N-ethyl adjacent to an activating group) is 1. The van der Waals surface area contributed by atoms with E-state index < -0.39 is 111 Å². The Balaban J connectivity index is 1.28. The molecule has 1 fully saturated rings. The van der Waals surface area contributed by atoms with Gasteiger partial charge >= 0.3 is 5.97 Å². The number of amides is 9. The molecular formula is C60H90ClN9O17S. The molecule has 1 saturated heterocycles. The highest BCUT2D eigenvalue weighted by Crippen LogP contribution is 2.39. The van der Waals surface area contributed by atoms with Crippen LogP contribution in [0.4, 0.5) is 5.69 Å². The molecule has 8 atom stereocenters. The van der Waals surface area contributed by atoms with Crippen molar-refractivity contribution in [2.75, 3.05) is 98.9 Å². The summed E-state index contributed by atoms with van der Waals surface area (Å²) in [6.07, 6.45) is 4.32. The maximum absolute atomic E-state index is 14.4. The van der Waals surface area contributed by atoms with E-state index in [1.165, 1.54) is 58.9 Å². The number of halogens is 1. The number of fused-ring (bicyclic) bond motifs is 2. The largest absolute Gasteiger partial charge is 0.495 e. The molecule has 3 aliphatic heterocycles. The lowest BCUT2D eigenvalue weighted by molar-refractivity contribution is -0.176. The number of anilines is 1. The number of carbonyl (C=O) groups excluding carboxylic acids is 10. The number of hydrogen-bond donors (Lipinski definition) is 6. The third kappa shape index (κ3) is 21.7. The monoisotopic (exact) mass is 1280 g/mol. The van der Waals surface area contributed by atoms with Crippen molar-refractivity contribution in [1.82, 2.24) is 30.2 Å². The highest BCUT2D eigenvalue weighted by molar-refractivity contribution is 8.02. The molecule has 26 nitrogen and oxygen atoms in total. The summed E-state index contributed by atoms with van der Waals surface area (Å²) in [7, 11) is 5.74. The average molecular weight is 1280 g/mol. The van der Waals surface area contributed by atoms with Crippen LogP contribution in [0, 0.1) is 5.92 Å². The van der Waals surface area contributed by atoms with E-state index in [1.807, 2.05) is 13.0 Å². The summed E-state index contributed by atoms with van der Waals surface area (Å²) in [6.45, 7) is 11.9. The van der Waals surface area contributed by atoms with E-state index in [0.717, 1.165) is 49.8 Å². The Hall–Kier alpha value is -6.30. The van der Waals surface area contributed by atoms with E-state index >= 15 is 0 Å². The van der Waals surface area contributed by atoms with E-state index in [2.05, 4.69) is 10.6 Å². The third-order valence-electron chi connectivity index (χ3n) is 15.6.